The van der Waals surface area contributed by atoms with Gasteiger partial charge in [0, 0.05) is 12.6 Å². The van der Waals surface area contributed by atoms with Crippen LogP contribution in [0.2, 0.25) is 0 Å². The van der Waals surface area contributed by atoms with E-state index in [-0.39, 0.29) is 5.91 Å². The number of rotatable bonds is 6. The summed E-state index contributed by atoms with van der Waals surface area (Å²) in [4.78, 5) is 13.9. The van der Waals surface area contributed by atoms with Gasteiger partial charge in [0.1, 0.15) is 0 Å². The lowest BCUT2D eigenvalue weighted by molar-refractivity contribution is -0.123. The summed E-state index contributed by atoms with van der Waals surface area (Å²) in [6.45, 7) is 2.55. The highest BCUT2D eigenvalue weighted by Crippen LogP contribution is 2.18. The van der Waals surface area contributed by atoms with E-state index in [0.29, 0.717) is 32.1 Å². The molecule has 1 aliphatic rings. The first-order chi connectivity index (χ1) is 8.27. The first-order valence-corrected chi connectivity index (χ1v) is 6.35. The molecule has 1 atom stereocenters. The van der Waals surface area contributed by atoms with Gasteiger partial charge in [0.05, 0.1) is 19.0 Å². The highest BCUT2D eigenvalue weighted by Gasteiger charge is 2.23. The van der Waals surface area contributed by atoms with Crippen molar-refractivity contribution in [3.63, 3.8) is 0 Å². The van der Waals surface area contributed by atoms with Gasteiger partial charge in [-0.05, 0) is 32.4 Å². The number of hydrogen-bond acceptors (Lipinski definition) is 4. The summed E-state index contributed by atoms with van der Waals surface area (Å²) in [5.41, 5.74) is 5.59. The van der Waals surface area contributed by atoms with E-state index >= 15 is 0 Å². The van der Waals surface area contributed by atoms with Crippen molar-refractivity contribution in [2.75, 3.05) is 26.2 Å². The zero-order chi connectivity index (χ0) is 12.5. The van der Waals surface area contributed by atoms with Gasteiger partial charge in [0.25, 0.3) is 0 Å². The van der Waals surface area contributed by atoms with Crippen molar-refractivity contribution in [1.29, 1.82) is 5.26 Å². The quantitative estimate of drug-likeness (QED) is 0.648. The fraction of sp³-hybridized carbons (Fsp3) is 0.833. The first-order valence-electron chi connectivity index (χ1n) is 6.35. The van der Waals surface area contributed by atoms with Gasteiger partial charge in [-0.15, -0.1) is 0 Å². The molecule has 1 fully saturated rings. The fourth-order valence-electron chi connectivity index (χ4n) is 2.29. The molecule has 1 aliphatic heterocycles. The van der Waals surface area contributed by atoms with E-state index in [1.165, 1.54) is 6.42 Å². The number of likely N-dealkylation sites (tertiary alicyclic amines) is 1. The number of amides is 1. The van der Waals surface area contributed by atoms with Gasteiger partial charge in [-0.3, -0.25) is 9.69 Å². The summed E-state index contributed by atoms with van der Waals surface area (Å²) in [6.07, 6.45) is 4.87. The van der Waals surface area contributed by atoms with E-state index in [0.717, 1.165) is 25.8 Å². The molecule has 0 aromatic carbocycles. The van der Waals surface area contributed by atoms with Crippen LogP contribution in [0.3, 0.4) is 0 Å². The van der Waals surface area contributed by atoms with Crippen LogP contribution in [-0.4, -0.2) is 43.0 Å². The van der Waals surface area contributed by atoms with Crippen molar-refractivity contribution in [3.8, 4) is 6.07 Å². The molecule has 0 aromatic heterocycles. The van der Waals surface area contributed by atoms with E-state index in [1.807, 2.05) is 6.07 Å². The van der Waals surface area contributed by atoms with Crippen LogP contribution in [0.4, 0.5) is 0 Å². The van der Waals surface area contributed by atoms with Gasteiger partial charge in [0.15, 0.2) is 0 Å². The zero-order valence-electron chi connectivity index (χ0n) is 10.3. The van der Waals surface area contributed by atoms with Gasteiger partial charge in [-0.1, -0.05) is 6.42 Å². The maximum absolute atomic E-state index is 11.6. The van der Waals surface area contributed by atoms with Crippen molar-refractivity contribution < 1.29 is 4.79 Å². The van der Waals surface area contributed by atoms with E-state index in [4.69, 9.17) is 11.0 Å². The minimum atomic E-state index is 0.0178. The maximum atomic E-state index is 11.6. The molecule has 96 valence electrons. The Morgan fingerprint density at radius 1 is 1.53 bits per heavy atom. The van der Waals surface area contributed by atoms with Crippen molar-refractivity contribution >= 4 is 5.91 Å². The molecular weight excluding hydrogens is 216 g/mol. The molecule has 1 heterocycles. The molecule has 0 bridgehead atoms. The van der Waals surface area contributed by atoms with Gasteiger partial charge in [0.2, 0.25) is 5.91 Å². The molecule has 0 spiro atoms. The number of piperidine rings is 1. The van der Waals surface area contributed by atoms with Crippen LogP contribution in [0.15, 0.2) is 0 Å². The number of nitrogens with one attached hydrogen (secondary N) is 1. The highest BCUT2D eigenvalue weighted by atomic mass is 16.2. The summed E-state index contributed by atoms with van der Waals surface area (Å²) >= 11 is 0. The second-order valence-electron chi connectivity index (χ2n) is 4.46. The normalized spacial score (nSPS) is 20.8. The molecule has 0 radical (unpaired) electrons. The van der Waals surface area contributed by atoms with Crippen LogP contribution >= 0.6 is 0 Å². The molecule has 5 nitrogen and oxygen atoms in total. The molecule has 0 saturated carbocycles. The van der Waals surface area contributed by atoms with E-state index in [2.05, 4.69) is 10.2 Å². The largest absolute Gasteiger partial charge is 0.354 e. The third-order valence-electron chi connectivity index (χ3n) is 3.15. The number of nitrogens with two attached hydrogens (primary N) is 1. The van der Waals surface area contributed by atoms with E-state index in [9.17, 15) is 4.79 Å². The third kappa shape index (κ3) is 5.16. The van der Waals surface area contributed by atoms with Crippen LogP contribution in [0.5, 0.6) is 0 Å². The molecular formula is C12H22N4O. The Hall–Kier alpha value is -1.12. The summed E-state index contributed by atoms with van der Waals surface area (Å²) in [6, 6.07) is 2.47. The topological polar surface area (TPSA) is 82.2 Å². The monoisotopic (exact) mass is 238 g/mol. The lowest BCUT2D eigenvalue weighted by Gasteiger charge is -2.35. The van der Waals surface area contributed by atoms with Crippen molar-refractivity contribution in [2.45, 2.75) is 38.1 Å². The number of carbonyl (C=O) groups is 1. The molecule has 0 aliphatic carbocycles. The number of nitrogens with zero attached hydrogens (tertiary/aromatic N) is 2. The van der Waals surface area contributed by atoms with Crippen LogP contribution in [-0.2, 0) is 4.79 Å². The van der Waals surface area contributed by atoms with Gasteiger partial charge in [-0.25, -0.2) is 0 Å². The maximum Gasteiger partial charge on any atom is 0.234 e. The van der Waals surface area contributed by atoms with Crippen molar-refractivity contribution in [3.05, 3.63) is 0 Å². The minimum absolute atomic E-state index is 0.0178. The second kappa shape index (κ2) is 8.04. The summed E-state index contributed by atoms with van der Waals surface area (Å²) in [5, 5.41) is 11.1. The standard InChI is InChI=1S/C12H22N4O/c13-6-3-8-15-12(17)10-16-9-2-1-4-11(16)5-7-14/h11H,1-5,7-10,14H2,(H,15,17). The van der Waals surface area contributed by atoms with Crippen LogP contribution in [0, 0.1) is 11.3 Å². The minimum Gasteiger partial charge on any atom is -0.354 e. The second-order valence-corrected chi connectivity index (χ2v) is 4.46. The summed E-state index contributed by atoms with van der Waals surface area (Å²) in [5.74, 6) is 0.0178. The number of hydrogen-bond donors (Lipinski definition) is 2. The summed E-state index contributed by atoms with van der Waals surface area (Å²) in [7, 11) is 0. The molecule has 5 heteroatoms. The van der Waals surface area contributed by atoms with Gasteiger partial charge >= 0.3 is 0 Å². The molecule has 1 saturated heterocycles. The Bertz CT molecular complexity index is 272. The molecule has 0 aromatic rings. The predicted molar refractivity (Wildman–Crippen MR) is 66.1 cm³/mol. The summed E-state index contributed by atoms with van der Waals surface area (Å²) < 4.78 is 0. The molecule has 1 amide bonds. The molecule has 3 N–H and O–H groups in total. The van der Waals surface area contributed by atoms with Gasteiger partial charge < -0.3 is 11.1 Å². The van der Waals surface area contributed by atoms with Crippen LogP contribution < -0.4 is 11.1 Å². The average Bonchev–Trinajstić information content (AvgIpc) is 2.32. The predicted octanol–water partition coefficient (Wildman–Crippen LogP) is 0.220. The van der Waals surface area contributed by atoms with Crippen LogP contribution in [0.1, 0.15) is 32.1 Å². The average molecular weight is 238 g/mol. The Morgan fingerprint density at radius 2 is 2.35 bits per heavy atom. The lowest BCUT2D eigenvalue weighted by atomic mass is 9.99. The smallest absolute Gasteiger partial charge is 0.234 e. The Labute approximate surface area is 103 Å². The van der Waals surface area contributed by atoms with Crippen molar-refractivity contribution in [1.82, 2.24) is 10.2 Å². The lowest BCUT2D eigenvalue weighted by Crippen LogP contribution is -2.46. The highest BCUT2D eigenvalue weighted by molar-refractivity contribution is 5.78. The van der Waals surface area contributed by atoms with Gasteiger partial charge in [-0.2, -0.15) is 5.26 Å². The van der Waals surface area contributed by atoms with E-state index < -0.39 is 0 Å². The molecule has 1 rings (SSSR count). The Kier molecular flexibility index (Phi) is 6.60. The fourth-order valence-corrected chi connectivity index (χ4v) is 2.29. The van der Waals surface area contributed by atoms with E-state index in [1.54, 1.807) is 0 Å². The zero-order valence-corrected chi connectivity index (χ0v) is 10.3. The Morgan fingerprint density at radius 3 is 3.06 bits per heavy atom. The van der Waals surface area contributed by atoms with Crippen LogP contribution in [0.25, 0.3) is 0 Å². The first kappa shape index (κ1) is 13.9. The SMILES string of the molecule is N#CCCNC(=O)CN1CCCCC1CCN. The third-order valence-corrected chi connectivity index (χ3v) is 3.15. The molecule has 1 unspecified atom stereocenters. The number of nitriles is 1. The molecule has 17 heavy (non-hydrogen) atoms. The Balaban J connectivity index is 2.31. The van der Waals surface area contributed by atoms with Crippen molar-refractivity contribution in [2.24, 2.45) is 5.73 Å². The number of carbonyl (C=O) groups excluding carboxylic acids is 1.